The van der Waals surface area contributed by atoms with E-state index in [4.69, 9.17) is 9.47 Å². The van der Waals surface area contributed by atoms with E-state index in [2.05, 4.69) is 20.4 Å². The monoisotopic (exact) mass is 382 g/mol. The van der Waals surface area contributed by atoms with E-state index in [9.17, 15) is 9.59 Å². The van der Waals surface area contributed by atoms with Gasteiger partial charge in [-0.05, 0) is 26.2 Å². The first kappa shape index (κ1) is 25.7. The minimum Gasteiger partial charge on any atom is -0.465 e. The van der Waals surface area contributed by atoms with Crippen molar-refractivity contribution in [1.29, 1.82) is 0 Å². The van der Waals surface area contributed by atoms with E-state index in [0.29, 0.717) is 13.2 Å². The summed E-state index contributed by atoms with van der Waals surface area (Å²) in [6, 6.07) is 0. The van der Waals surface area contributed by atoms with Crippen molar-refractivity contribution in [3.05, 3.63) is 12.7 Å². The Labute approximate surface area is 167 Å². The molecule has 0 aromatic carbocycles. The number of ether oxygens (including phenoxy) is 2. The Morgan fingerprint density at radius 3 is 1.48 bits per heavy atom. The van der Waals surface area contributed by atoms with Crippen molar-refractivity contribution in [3.63, 3.8) is 0 Å². The molecular weight excluding hydrogens is 340 g/mol. The van der Waals surface area contributed by atoms with E-state index >= 15 is 0 Å². The minimum atomic E-state index is -1.29. The largest absolute Gasteiger partial charge is 0.465 e. The lowest BCUT2D eigenvalue weighted by molar-refractivity contribution is -0.171. The SMILES string of the molecule is C=CCC(C)(C(=O)OCCCCCCCC)C(=O)OCCCCCCCC. The van der Waals surface area contributed by atoms with E-state index < -0.39 is 17.4 Å². The Hall–Kier alpha value is -1.32. The highest BCUT2D eigenvalue weighted by Crippen LogP contribution is 2.26. The van der Waals surface area contributed by atoms with Crippen LogP contribution in [0.25, 0.3) is 0 Å². The molecule has 4 nitrogen and oxygen atoms in total. The van der Waals surface area contributed by atoms with Crippen molar-refractivity contribution in [2.75, 3.05) is 13.2 Å². The smallest absolute Gasteiger partial charge is 0.323 e. The van der Waals surface area contributed by atoms with Gasteiger partial charge in [0.15, 0.2) is 5.41 Å². The molecule has 0 aromatic rings. The van der Waals surface area contributed by atoms with Crippen molar-refractivity contribution in [3.8, 4) is 0 Å². The van der Waals surface area contributed by atoms with Crippen molar-refractivity contribution in [1.82, 2.24) is 0 Å². The number of rotatable bonds is 18. The maximum atomic E-state index is 12.5. The van der Waals surface area contributed by atoms with Gasteiger partial charge in [0, 0.05) is 0 Å². The maximum Gasteiger partial charge on any atom is 0.323 e. The molecule has 0 bridgehead atoms. The first-order valence-electron chi connectivity index (χ1n) is 11.0. The minimum absolute atomic E-state index is 0.234. The van der Waals surface area contributed by atoms with Crippen molar-refractivity contribution in [2.24, 2.45) is 5.41 Å². The summed E-state index contributed by atoms with van der Waals surface area (Å²) in [6.45, 7) is 10.4. The summed E-state index contributed by atoms with van der Waals surface area (Å²) in [5.41, 5.74) is -1.29. The summed E-state index contributed by atoms with van der Waals surface area (Å²) in [4.78, 5) is 24.9. The van der Waals surface area contributed by atoms with E-state index in [0.717, 1.165) is 38.5 Å². The molecule has 0 rings (SSSR count). The van der Waals surface area contributed by atoms with Crippen LogP contribution in [0.1, 0.15) is 104 Å². The summed E-state index contributed by atoms with van der Waals surface area (Å²) < 4.78 is 10.7. The van der Waals surface area contributed by atoms with E-state index in [-0.39, 0.29) is 6.42 Å². The normalized spacial score (nSPS) is 11.2. The van der Waals surface area contributed by atoms with Gasteiger partial charge in [0.1, 0.15) is 0 Å². The van der Waals surface area contributed by atoms with Gasteiger partial charge < -0.3 is 9.47 Å². The highest BCUT2D eigenvalue weighted by molar-refractivity contribution is 5.99. The predicted octanol–water partition coefficient (Wildman–Crippen LogP) is 6.38. The Morgan fingerprint density at radius 2 is 1.11 bits per heavy atom. The van der Waals surface area contributed by atoms with Gasteiger partial charge in [0.25, 0.3) is 0 Å². The standard InChI is InChI=1S/C23H42O4/c1-5-8-10-12-14-16-19-26-21(24)23(4,18-7-3)22(25)27-20-17-15-13-11-9-6-2/h7H,3,5-6,8-20H2,1-2,4H3. The van der Waals surface area contributed by atoms with E-state index in [1.54, 1.807) is 13.0 Å². The summed E-state index contributed by atoms with van der Waals surface area (Å²) in [6.07, 6.45) is 15.3. The van der Waals surface area contributed by atoms with Crippen molar-refractivity contribution in [2.45, 2.75) is 104 Å². The Kier molecular flexibility index (Phi) is 16.0. The molecule has 158 valence electrons. The lowest BCUT2D eigenvalue weighted by Gasteiger charge is -2.24. The third-order valence-electron chi connectivity index (χ3n) is 4.92. The molecule has 0 unspecified atom stereocenters. The second-order valence-corrected chi connectivity index (χ2v) is 7.63. The molecule has 0 aromatic heterocycles. The molecule has 27 heavy (non-hydrogen) atoms. The Balaban J connectivity index is 4.19. The van der Waals surface area contributed by atoms with Crippen LogP contribution in [0.5, 0.6) is 0 Å². The highest BCUT2D eigenvalue weighted by atomic mass is 16.6. The van der Waals surface area contributed by atoms with Crippen LogP contribution < -0.4 is 0 Å². The molecule has 0 aliphatic rings. The van der Waals surface area contributed by atoms with Crippen LogP contribution >= 0.6 is 0 Å². The number of hydrogen-bond acceptors (Lipinski definition) is 4. The van der Waals surface area contributed by atoms with Crippen LogP contribution in [-0.2, 0) is 19.1 Å². The lowest BCUT2D eigenvalue weighted by atomic mass is 9.87. The van der Waals surface area contributed by atoms with Crippen molar-refractivity contribution >= 4 is 11.9 Å². The van der Waals surface area contributed by atoms with E-state index in [1.165, 1.54) is 38.5 Å². The third-order valence-corrected chi connectivity index (χ3v) is 4.92. The summed E-state index contributed by atoms with van der Waals surface area (Å²) in [5.74, 6) is -0.993. The number of esters is 2. The molecule has 0 N–H and O–H groups in total. The van der Waals surface area contributed by atoms with Crippen LogP contribution in [0, 0.1) is 5.41 Å². The van der Waals surface area contributed by atoms with Crippen LogP contribution in [0.4, 0.5) is 0 Å². The van der Waals surface area contributed by atoms with Gasteiger partial charge in [-0.1, -0.05) is 84.1 Å². The third kappa shape index (κ3) is 11.9. The van der Waals surface area contributed by atoms with Crippen LogP contribution in [0.3, 0.4) is 0 Å². The Morgan fingerprint density at radius 1 is 0.741 bits per heavy atom. The summed E-state index contributed by atoms with van der Waals surface area (Å²) in [5, 5.41) is 0. The van der Waals surface area contributed by atoms with Gasteiger partial charge >= 0.3 is 11.9 Å². The van der Waals surface area contributed by atoms with Gasteiger partial charge in [-0.3, -0.25) is 9.59 Å². The fourth-order valence-corrected chi connectivity index (χ4v) is 2.95. The predicted molar refractivity (Wildman–Crippen MR) is 112 cm³/mol. The fraction of sp³-hybridized carbons (Fsp3) is 0.826. The van der Waals surface area contributed by atoms with Gasteiger partial charge in [0.05, 0.1) is 13.2 Å². The highest BCUT2D eigenvalue weighted by Gasteiger charge is 2.43. The number of carbonyl (C=O) groups excluding carboxylic acids is 2. The van der Waals surface area contributed by atoms with Crippen LogP contribution in [0.2, 0.25) is 0 Å². The zero-order chi connectivity index (χ0) is 20.4. The average Bonchev–Trinajstić information content (AvgIpc) is 2.66. The second kappa shape index (κ2) is 16.8. The summed E-state index contributed by atoms with van der Waals surface area (Å²) in [7, 11) is 0. The molecule has 0 aliphatic carbocycles. The van der Waals surface area contributed by atoms with Crippen LogP contribution in [0.15, 0.2) is 12.7 Å². The zero-order valence-electron chi connectivity index (χ0n) is 18.0. The van der Waals surface area contributed by atoms with Gasteiger partial charge in [-0.25, -0.2) is 0 Å². The molecule has 0 fully saturated rings. The molecule has 0 spiro atoms. The van der Waals surface area contributed by atoms with Gasteiger partial charge in [0.2, 0.25) is 0 Å². The number of hydrogen-bond donors (Lipinski definition) is 0. The number of carbonyl (C=O) groups is 2. The molecular formula is C23H42O4. The molecule has 4 heteroatoms. The Bertz CT molecular complexity index is 373. The molecule has 0 saturated carbocycles. The first-order valence-corrected chi connectivity index (χ1v) is 11.0. The molecule has 0 saturated heterocycles. The quantitative estimate of drug-likeness (QED) is 0.119. The molecule has 0 radical (unpaired) electrons. The molecule has 0 aliphatic heterocycles. The lowest BCUT2D eigenvalue weighted by Crippen LogP contribution is -2.39. The topological polar surface area (TPSA) is 52.6 Å². The van der Waals surface area contributed by atoms with E-state index in [1.807, 2.05) is 0 Å². The maximum absolute atomic E-state index is 12.5. The molecule has 0 amide bonds. The van der Waals surface area contributed by atoms with Gasteiger partial charge in [-0.2, -0.15) is 0 Å². The van der Waals surface area contributed by atoms with Crippen LogP contribution in [-0.4, -0.2) is 25.2 Å². The summed E-state index contributed by atoms with van der Waals surface area (Å²) >= 11 is 0. The molecule has 0 heterocycles. The zero-order valence-corrected chi connectivity index (χ0v) is 18.0. The fourth-order valence-electron chi connectivity index (χ4n) is 2.95. The second-order valence-electron chi connectivity index (χ2n) is 7.63. The van der Waals surface area contributed by atoms with Gasteiger partial charge in [-0.15, -0.1) is 6.58 Å². The number of allylic oxidation sites excluding steroid dienone is 1. The average molecular weight is 383 g/mol. The first-order chi connectivity index (χ1) is 13.0. The number of unbranched alkanes of at least 4 members (excludes halogenated alkanes) is 10. The van der Waals surface area contributed by atoms with Crippen molar-refractivity contribution < 1.29 is 19.1 Å². The molecule has 0 atom stereocenters.